The van der Waals surface area contributed by atoms with Crippen molar-refractivity contribution in [2.24, 2.45) is 0 Å². The highest BCUT2D eigenvalue weighted by atomic mass is 32.2. The average molecular weight is 778 g/mol. The molecule has 55 heavy (non-hydrogen) atoms. The van der Waals surface area contributed by atoms with Gasteiger partial charge in [-0.2, -0.15) is 18.3 Å². The van der Waals surface area contributed by atoms with Gasteiger partial charge in [0.05, 0.1) is 73.7 Å². The summed E-state index contributed by atoms with van der Waals surface area (Å²) in [5.74, 6) is 0. The lowest BCUT2D eigenvalue weighted by Gasteiger charge is -2.24. The Bertz CT molecular complexity index is 2360. The first-order valence-electron chi connectivity index (χ1n) is 17.6. The van der Waals surface area contributed by atoms with Crippen LogP contribution in [-0.4, -0.2) is 76.1 Å². The van der Waals surface area contributed by atoms with E-state index in [1.807, 2.05) is 6.07 Å². The van der Waals surface area contributed by atoms with Crippen molar-refractivity contribution >= 4 is 21.8 Å². The van der Waals surface area contributed by atoms with Crippen LogP contribution in [0.15, 0.2) is 94.7 Å². The molecule has 2 aromatic heterocycles. The van der Waals surface area contributed by atoms with Crippen molar-refractivity contribution in [3.63, 3.8) is 0 Å². The lowest BCUT2D eigenvalue weighted by molar-refractivity contribution is -0.870. The van der Waals surface area contributed by atoms with Gasteiger partial charge in [0.2, 0.25) is 0 Å². The predicted molar refractivity (Wildman–Crippen MR) is 200 cm³/mol. The number of carbonyl (C=O) groups is 1. The summed E-state index contributed by atoms with van der Waals surface area (Å²) in [7, 11) is 1.96. The number of benzene rings is 3. The van der Waals surface area contributed by atoms with Gasteiger partial charge in [-0.1, -0.05) is 55.7 Å². The number of nitrogens with zero attached hydrogens (tertiary/aromatic N) is 6. The van der Waals surface area contributed by atoms with E-state index in [0.717, 1.165) is 65.5 Å². The second-order valence-corrected chi connectivity index (χ2v) is 15.7. The molecule has 1 saturated carbocycles. The van der Waals surface area contributed by atoms with Gasteiger partial charge in [-0.3, -0.25) is 4.57 Å². The lowest BCUT2D eigenvalue weighted by atomic mass is 9.96. The summed E-state index contributed by atoms with van der Waals surface area (Å²) >= 11 is 0. The van der Waals surface area contributed by atoms with Crippen LogP contribution < -0.4 is 11.0 Å². The fourth-order valence-electron chi connectivity index (χ4n) is 6.47. The van der Waals surface area contributed by atoms with Crippen LogP contribution in [0.4, 0.5) is 23.7 Å². The van der Waals surface area contributed by atoms with E-state index in [1.54, 1.807) is 42.1 Å². The minimum absolute atomic E-state index is 0.00565. The smallest absolute Gasteiger partial charge is 0.416 e. The molecule has 0 aliphatic heterocycles. The van der Waals surface area contributed by atoms with E-state index in [9.17, 15) is 35.7 Å². The summed E-state index contributed by atoms with van der Waals surface area (Å²) in [6.45, 7) is 9.91. The van der Waals surface area contributed by atoms with Crippen LogP contribution in [0.25, 0.3) is 27.6 Å². The van der Waals surface area contributed by atoms with Crippen LogP contribution in [-0.2, 0) is 22.7 Å². The number of hydrogen-bond acceptors (Lipinski definition) is 6. The van der Waals surface area contributed by atoms with Crippen LogP contribution in [0.5, 0.6) is 0 Å². The summed E-state index contributed by atoms with van der Waals surface area (Å²) in [6, 6.07) is 17.9. The molecule has 2 heterocycles. The van der Waals surface area contributed by atoms with E-state index >= 15 is 0 Å². The minimum Gasteiger partial charge on any atom is -0.744 e. The van der Waals surface area contributed by atoms with E-state index < -0.39 is 33.6 Å². The number of aromatic nitrogens is 4. The Morgan fingerprint density at radius 2 is 1.69 bits per heavy atom. The van der Waals surface area contributed by atoms with Crippen LogP contribution in [0, 0.1) is 13.5 Å². The Hall–Kier alpha value is -5.50. The van der Waals surface area contributed by atoms with E-state index in [2.05, 4.69) is 36.4 Å². The molecule has 16 heteroatoms. The Labute approximate surface area is 317 Å². The third-order valence-electron chi connectivity index (χ3n) is 9.24. The number of carbonyl (C=O) groups excluding carboxylic acids is 1. The molecule has 0 radical (unpaired) electrons. The summed E-state index contributed by atoms with van der Waals surface area (Å²) in [5, 5.41) is 7.56. The van der Waals surface area contributed by atoms with Gasteiger partial charge in [-0.05, 0) is 67.8 Å². The van der Waals surface area contributed by atoms with Crippen LogP contribution in [0.2, 0.25) is 0 Å². The predicted octanol–water partition coefficient (Wildman–Crippen LogP) is 7.10. The number of halogens is 3. The van der Waals surface area contributed by atoms with Gasteiger partial charge in [-0.15, -0.1) is 0 Å². The molecule has 0 spiro atoms. The largest absolute Gasteiger partial charge is 0.744 e. The topological polar surface area (TPSA) is 135 Å². The molecule has 1 fully saturated rings. The molecule has 6 rings (SSSR count). The molecular weight excluding hydrogens is 736 g/mol. The minimum atomic E-state index is -4.62. The summed E-state index contributed by atoms with van der Waals surface area (Å²) in [6.07, 6.45) is 2.12. The average Bonchev–Trinajstić information content (AvgIpc) is 3.72. The van der Waals surface area contributed by atoms with Crippen molar-refractivity contribution in [2.45, 2.75) is 62.6 Å². The zero-order valence-corrected chi connectivity index (χ0v) is 31.7. The maximum atomic E-state index is 14.1. The van der Waals surface area contributed by atoms with Crippen molar-refractivity contribution in [1.29, 1.82) is 0 Å². The first-order chi connectivity index (χ1) is 25.9. The molecule has 1 aliphatic rings. The maximum Gasteiger partial charge on any atom is 0.416 e. The molecule has 0 unspecified atom stereocenters. The highest BCUT2D eigenvalue weighted by Gasteiger charge is 2.32. The number of quaternary nitrogens is 1. The number of amides is 1. The molecule has 0 atom stereocenters. The second kappa shape index (κ2) is 16.5. The Kier molecular flexibility index (Phi) is 12.2. The third kappa shape index (κ3) is 9.79. The van der Waals surface area contributed by atoms with Gasteiger partial charge in [0, 0.05) is 12.5 Å². The highest BCUT2D eigenvalue weighted by molar-refractivity contribution is 7.85. The normalized spacial score (nSPS) is 13.8. The van der Waals surface area contributed by atoms with Crippen molar-refractivity contribution in [1.82, 2.24) is 24.2 Å². The van der Waals surface area contributed by atoms with E-state index in [0.29, 0.717) is 28.0 Å². The number of likely N-dealkylation sites (N-methyl/N-ethyl adjacent to an activating group) is 1. The van der Waals surface area contributed by atoms with Gasteiger partial charge >= 0.3 is 17.9 Å². The van der Waals surface area contributed by atoms with Gasteiger partial charge in [0.25, 0.3) is 0 Å². The number of imidazole rings is 1. The summed E-state index contributed by atoms with van der Waals surface area (Å²) in [5.41, 5.74) is 1.23. The van der Waals surface area contributed by atoms with Crippen molar-refractivity contribution < 1.29 is 35.4 Å². The Morgan fingerprint density at radius 3 is 2.29 bits per heavy atom. The van der Waals surface area contributed by atoms with Crippen LogP contribution in [0.3, 0.4) is 0 Å². The van der Waals surface area contributed by atoms with Crippen LogP contribution >= 0.6 is 0 Å². The van der Waals surface area contributed by atoms with Gasteiger partial charge in [0.15, 0.2) is 5.69 Å². The van der Waals surface area contributed by atoms with Gasteiger partial charge in [-0.25, -0.2) is 32.1 Å². The van der Waals surface area contributed by atoms with E-state index in [1.165, 1.54) is 36.4 Å². The molecular formula is C39H42F3N7O5S. The number of nitrogens with one attached hydrogen (secondary N) is 1. The zero-order valence-electron chi connectivity index (χ0n) is 30.9. The number of rotatable bonds is 8. The number of hydrogen-bond donors (Lipinski definition) is 1. The van der Waals surface area contributed by atoms with Crippen molar-refractivity contribution in [2.75, 3.05) is 27.7 Å². The Balaban J connectivity index is 0.000000504. The standard InChI is InChI=1S/C33H36F3N7O2.C6H6O3S/c1-22-30(29-16-18-38-42(29)28-15-14-26(37-2)20-23(28)17-19-43(3,4)5)41(31(44)39-25-11-7-6-8-12-25)32(45)40(22)27-13-9-10-24(21-27)33(34,35)36;7-10(8,9)6-4-2-1-3-5-6/h9-10,13-16,18,20-21,25H,6-8,11-12,17,19H2,1,3-5H3;1-5H,(H,7,8,9). The summed E-state index contributed by atoms with van der Waals surface area (Å²) < 4.78 is 76.3. The van der Waals surface area contributed by atoms with Gasteiger partial charge < -0.3 is 14.4 Å². The molecule has 5 aromatic rings. The van der Waals surface area contributed by atoms with Crippen LogP contribution in [0.1, 0.15) is 48.9 Å². The Morgan fingerprint density at radius 1 is 1.00 bits per heavy atom. The molecule has 290 valence electrons. The van der Waals surface area contributed by atoms with E-state index in [-0.39, 0.29) is 28.0 Å². The van der Waals surface area contributed by atoms with Crippen molar-refractivity contribution in [3.05, 3.63) is 124 Å². The third-order valence-corrected chi connectivity index (χ3v) is 10.1. The quantitative estimate of drug-likeness (QED) is 0.102. The second-order valence-electron chi connectivity index (χ2n) is 14.3. The molecule has 0 bridgehead atoms. The molecule has 12 nitrogen and oxygen atoms in total. The SMILES string of the molecule is O=S(=O)([O-])c1ccccc1.[C-]#[N+]c1ccc(-n2nccc2-c2c(C)n(-c3cccc(C(F)(F)F)c3)c(=O)n2C(=O)NC2CCCCC2)c(CC[N+](C)(C)C)c1. The van der Waals surface area contributed by atoms with Crippen molar-refractivity contribution in [3.8, 4) is 22.8 Å². The van der Waals surface area contributed by atoms with Gasteiger partial charge in [0.1, 0.15) is 15.8 Å². The van der Waals surface area contributed by atoms with E-state index in [4.69, 9.17) is 6.57 Å². The molecule has 0 saturated heterocycles. The maximum absolute atomic E-state index is 14.1. The zero-order chi connectivity index (χ0) is 40.1. The molecule has 3 aromatic carbocycles. The first kappa shape index (κ1) is 40.7. The molecule has 1 N–H and O–H groups in total. The number of alkyl halides is 3. The fourth-order valence-corrected chi connectivity index (χ4v) is 6.96. The molecule has 1 aliphatic carbocycles. The lowest BCUT2D eigenvalue weighted by Crippen LogP contribution is -2.43. The highest BCUT2D eigenvalue weighted by Crippen LogP contribution is 2.33. The summed E-state index contributed by atoms with van der Waals surface area (Å²) in [4.78, 5) is 31.4. The first-order valence-corrected chi connectivity index (χ1v) is 19.0. The monoisotopic (exact) mass is 777 g/mol. The molecule has 1 amide bonds. The fraction of sp³-hybridized carbons (Fsp3) is 0.333.